The molecule has 2 aromatic rings. The summed E-state index contributed by atoms with van der Waals surface area (Å²) < 4.78 is 25.8. The Labute approximate surface area is 160 Å². The molecular formula is C20H21FN2O3S. The lowest BCUT2D eigenvalue weighted by Crippen LogP contribution is -2.49. The number of amides is 1. The van der Waals surface area contributed by atoms with E-state index in [-0.39, 0.29) is 11.7 Å². The Bertz CT molecular complexity index is 891. The van der Waals surface area contributed by atoms with Gasteiger partial charge in [-0.3, -0.25) is 13.8 Å². The molecular weight excluding hydrogens is 367 g/mol. The molecule has 0 N–H and O–H groups in total. The van der Waals surface area contributed by atoms with Crippen LogP contribution in [0.25, 0.3) is 0 Å². The average Bonchev–Trinajstić information content (AvgIpc) is 2.67. The van der Waals surface area contributed by atoms with Crippen LogP contribution in [0.2, 0.25) is 0 Å². The molecule has 142 valence electrons. The predicted molar refractivity (Wildman–Crippen MR) is 103 cm³/mol. The number of piperazine rings is 1. The molecule has 7 heteroatoms. The molecule has 2 aromatic carbocycles. The van der Waals surface area contributed by atoms with Crippen LogP contribution in [-0.2, 0) is 10.8 Å². The fourth-order valence-electron chi connectivity index (χ4n) is 3.10. The molecule has 1 aliphatic rings. The highest BCUT2D eigenvalue weighted by Crippen LogP contribution is 2.23. The van der Waals surface area contributed by atoms with E-state index in [4.69, 9.17) is 0 Å². The van der Waals surface area contributed by atoms with Crippen molar-refractivity contribution in [2.24, 2.45) is 0 Å². The monoisotopic (exact) mass is 388 g/mol. The summed E-state index contributed by atoms with van der Waals surface area (Å²) in [7, 11) is -1.08. The fraction of sp³-hybridized carbons (Fsp3) is 0.300. The van der Waals surface area contributed by atoms with E-state index < -0.39 is 16.6 Å². The number of anilines is 1. The van der Waals surface area contributed by atoms with Gasteiger partial charge in [0.05, 0.1) is 5.69 Å². The first-order valence-electron chi connectivity index (χ1n) is 8.65. The van der Waals surface area contributed by atoms with Gasteiger partial charge in [0.15, 0.2) is 5.78 Å². The number of rotatable bonds is 4. The number of ketones is 1. The molecule has 0 bridgehead atoms. The molecule has 1 atom stereocenters. The third-order valence-electron chi connectivity index (χ3n) is 4.69. The standard InChI is InChI=1S/C20H21FN2O3S/c1-14(24)16-5-8-19(18(21)13-16)22-9-11-23(12-10-22)20(25)15-3-6-17(7-4-15)27(2)26/h3-8,13H,9-12H2,1-2H3. The number of Topliss-reactive ketones (excluding diaryl/α,β-unsaturated/α-hetero) is 1. The van der Waals surface area contributed by atoms with Crippen LogP contribution in [0.15, 0.2) is 47.4 Å². The quantitative estimate of drug-likeness (QED) is 0.756. The molecule has 1 saturated heterocycles. The van der Waals surface area contributed by atoms with Gasteiger partial charge < -0.3 is 9.80 Å². The van der Waals surface area contributed by atoms with Crippen LogP contribution in [-0.4, -0.2) is 53.2 Å². The van der Waals surface area contributed by atoms with E-state index in [1.165, 1.54) is 13.0 Å². The van der Waals surface area contributed by atoms with Gasteiger partial charge in [0.2, 0.25) is 0 Å². The van der Waals surface area contributed by atoms with Crippen molar-refractivity contribution in [3.8, 4) is 0 Å². The van der Waals surface area contributed by atoms with E-state index >= 15 is 0 Å². The maximum absolute atomic E-state index is 14.3. The third kappa shape index (κ3) is 4.24. The summed E-state index contributed by atoms with van der Waals surface area (Å²) >= 11 is 0. The molecule has 0 spiro atoms. The Morgan fingerprint density at radius 3 is 2.07 bits per heavy atom. The van der Waals surface area contributed by atoms with Gasteiger partial charge in [0.1, 0.15) is 5.82 Å². The van der Waals surface area contributed by atoms with Gasteiger partial charge in [0, 0.05) is 59.3 Å². The Morgan fingerprint density at radius 2 is 1.56 bits per heavy atom. The van der Waals surface area contributed by atoms with Gasteiger partial charge >= 0.3 is 0 Å². The Balaban J connectivity index is 1.65. The first kappa shape index (κ1) is 19.2. The second-order valence-corrected chi connectivity index (χ2v) is 7.86. The molecule has 3 rings (SSSR count). The minimum absolute atomic E-state index is 0.0875. The van der Waals surface area contributed by atoms with Crippen LogP contribution in [0.3, 0.4) is 0 Å². The van der Waals surface area contributed by atoms with Gasteiger partial charge in [-0.05, 0) is 49.4 Å². The van der Waals surface area contributed by atoms with Gasteiger partial charge in [-0.2, -0.15) is 0 Å². The number of carbonyl (C=O) groups excluding carboxylic acids is 2. The van der Waals surface area contributed by atoms with Gasteiger partial charge in [-0.1, -0.05) is 0 Å². The molecule has 0 saturated carbocycles. The first-order chi connectivity index (χ1) is 12.9. The molecule has 27 heavy (non-hydrogen) atoms. The summed E-state index contributed by atoms with van der Waals surface area (Å²) in [5.74, 6) is -0.685. The second-order valence-electron chi connectivity index (χ2n) is 6.48. The smallest absolute Gasteiger partial charge is 0.253 e. The molecule has 1 amide bonds. The predicted octanol–water partition coefficient (Wildman–Crippen LogP) is 2.73. The Kier molecular flexibility index (Phi) is 5.70. The number of halogens is 1. The van der Waals surface area contributed by atoms with Crippen molar-refractivity contribution in [1.29, 1.82) is 0 Å². The largest absolute Gasteiger partial charge is 0.366 e. The number of nitrogens with zero attached hydrogens (tertiary/aromatic N) is 2. The topological polar surface area (TPSA) is 57.7 Å². The van der Waals surface area contributed by atoms with Crippen molar-refractivity contribution >= 4 is 28.2 Å². The Morgan fingerprint density at radius 1 is 0.963 bits per heavy atom. The van der Waals surface area contributed by atoms with Crippen molar-refractivity contribution in [3.63, 3.8) is 0 Å². The highest BCUT2D eigenvalue weighted by molar-refractivity contribution is 7.84. The zero-order chi connectivity index (χ0) is 19.6. The van der Waals surface area contributed by atoms with Crippen molar-refractivity contribution < 1.29 is 18.2 Å². The maximum Gasteiger partial charge on any atom is 0.253 e. The van der Waals surface area contributed by atoms with Crippen LogP contribution in [0.1, 0.15) is 27.6 Å². The number of hydrogen-bond acceptors (Lipinski definition) is 4. The minimum atomic E-state index is -1.08. The summed E-state index contributed by atoms with van der Waals surface area (Å²) in [5.41, 5.74) is 1.35. The molecule has 1 fully saturated rings. The van der Waals surface area contributed by atoms with Crippen molar-refractivity contribution in [1.82, 2.24) is 4.90 Å². The van der Waals surface area contributed by atoms with Crippen molar-refractivity contribution in [2.75, 3.05) is 37.3 Å². The molecule has 1 heterocycles. The van der Waals surface area contributed by atoms with E-state index in [1.54, 1.807) is 47.6 Å². The van der Waals surface area contributed by atoms with Gasteiger partial charge in [-0.15, -0.1) is 0 Å². The van der Waals surface area contributed by atoms with Crippen molar-refractivity contribution in [2.45, 2.75) is 11.8 Å². The van der Waals surface area contributed by atoms with Crippen LogP contribution in [0.4, 0.5) is 10.1 Å². The van der Waals surface area contributed by atoms with Crippen LogP contribution >= 0.6 is 0 Å². The summed E-state index contributed by atoms with van der Waals surface area (Å²) in [5, 5.41) is 0. The average molecular weight is 388 g/mol. The highest BCUT2D eigenvalue weighted by atomic mass is 32.2. The maximum atomic E-state index is 14.3. The summed E-state index contributed by atoms with van der Waals surface area (Å²) in [6.45, 7) is 3.39. The fourth-order valence-corrected chi connectivity index (χ4v) is 3.62. The molecule has 0 aliphatic carbocycles. The third-order valence-corrected chi connectivity index (χ3v) is 5.63. The lowest BCUT2D eigenvalue weighted by Gasteiger charge is -2.36. The zero-order valence-electron chi connectivity index (χ0n) is 15.3. The minimum Gasteiger partial charge on any atom is -0.366 e. The number of hydrogen-bond donors (Lipinski definition) is 0. The van der Waals surface area contributed by atoms with Crippen molar-refractivity contribution in [3.05, 3.63) is 59.4 Å². The molecule has 0 radical (unpaired) electrons. The van der Waals surface area contributed by atoms with Gasteiger partial charge in [0.25, 0.3) is 5.91 Å². The summed E-state index contributed by atoms with van der Waals surface area (Å²) in [4.78, 5) is 28.3. The van der Waals surface area contributed by atoms with Crippen LogP contribution < -0.4 is 4.90 Å². The molecule has 1 aliphatic heterocycles. The normalized spacial score (nSPS) is 15.5. The lowest BCUT2D eigenvalue weighted by atomic mass is 10.1. The van der Waals surface area contributed by atoms with E-state index in [1.807, 2.05) is 4.90 Å². The van der Waals surface area contributed by atoms with E-state index in [0.717, 1.165) is 0 Å². The lowest BCUT2D eigenvalue weighted by molar-refractivity contribution is 0.0746. The molecule has 0 aromatic heterocycles. The van der Waals surface area contributed by atoms with Gasteiger partial charge in [-0.25, -0.2) is 4.39 Å². The SMILES string of the molecule is CC(=O)c1ccc(N2CCN(C(=O)c3ccc(S(C)=O)cc3)CC2)c(F)c1. The number of benzene rings is 2. The van der Waals surface area contributed by atoms with E-state index in [2.05, 4.69) is 0 Å². The first-order valence-corrected chi connectivity index (χ1v) is 10.2. The zero-order valence-corrected chi connectivity index (χ0v) is 16.1. The van der Waals surface area contributed by atoms with E-state index in [0.29, 0.717) is 47.9 Å². The molecule has 5 nitrogen and oxygen atoms in total. The van der Waals surface area contributed by atoms with Crippen LogP contribution in [0.5, 0.6) is 0 Å². The second kappa shape index (κ2) is 8.00. The Hall–Kier alpha value is -2.54. The summed E-state index contributed by atoms with van der Waals surface area (Å²) in [6, 6.07) is 11.3. The number of carbonyl (C=O) groups is 2. The highest BCUT2D eigenvalue weighted by Gasteiger charge is 2.24. The van der Waals surface area contributed by atoms with Crippen LogP contribution in [0, 0.1) is 5.82 Å². The summed E-state index contributed by atoms with van der Waals surface area (Å²) in [6.07, 6.45) is 1.60. The van der Waals surface area contributed by atoms with E-state index in [9.17, 15) is 18.2 Å². The molecule has 1 unspecified atom stereocenters.